The molecular weight excluding hydrogens is 281 g/mol. The molecule has 1 aromatic carbocycles. The van der Waals surface area contributed by atoms with Crippen LogP contribution in [0.25, 0.3) is 0 Å². The SMILES string of the molecule is Cc1cncc(NS(=O)(=O)c2ccc(F)c(C#N)c2)c1. The Balaban J connectivity index is 2.39. The van der Waals surface area contributed by atoms with Gasteiger partial charge in [-0.1, -0.05) is 0 Å². The van der Waals surface area contributed by atoms with E-state index in [1.54, 1.807) is 25.3 Å². The number of benzene rings is 1. The molecule has 0 atom stereocenters. The number of aromatic nitrogens is 1. The maximum absolute atomic E-state index is 13.2. The lowest BCUT2D eigenvalue weighted by molar-refractivity contribution is 0.599. The van der Waals surface area contributed by atoms with Crippen molar-refractivity contribution in [2.75, 3.05) is 4.72 Å². The predicted octanol–water partition coefficient (Wildman–Crippen LogP) is 2.20. The van der Waals surface area contributed by atoms with Crippen molar-refractivity contribution in [3.8, 4) is 6.07 Å². The molecule has 0 spiro atoms. The van der Waals surface area contributed by atoms with Gasteiger partial charge in [0.15, 0.2) is 0 Å². The molecule has 20 heavy (non-hydrogen) atoms. The number of hydrogen-bond acceptors (Lipinski definition) is 4. The number of anilines is 1. The van der Waals surface area contributed by atoms with Crippen LogP contribution in [0.5, 0.6) is 0 Å². The van der Waals surface area contributed by atoms with Crippen molar-refractivity contribution >= 4 is 15.7 Å². The van der Waals surface area contributed by atoms with Crippen molar-refractivity contribution in [1.29, 1.82) is 5.26 Å². The van der Waals surface area contributed by atoms with E-state index in [2.05, 4.69) is 9.71 Å². The average molecular weight is 291 g/mol. The van der Waals surface area contributed by atoms with Crippen LogP contribution >= 0.6 is 0 Å². The van der Waals surface area contributed by atoms with E-state index in [4.69, 9.17) is 5.26 Å². The van der Waals surface area contributed by atoms with E-state index in [9.17, 15) is 12.8 Å². The molecule has 2 aromatic rings. The molecule has 0 aliphatic rings. The van der Waals surface area contributed by atoms with Gasteiger partial charge in [-0.15, -0.1) is 0 Å². The van der Waals surface area contributed by atoms with Gasteiger partial charge in [0.1, 0.15) is 11.9 Å². The number of nitriles is 1. The summed E-state index contributed by atoms with van der Waals surface area (Å²) < 4.78 is 39.8. The number of rotatable bonds is 3. The highest BCUT2D eigenvalue weighted by molar-refractivity contribution is 7.92. The monoisotopic (exact) mass is 291 g/mol. The molecule has 102 valence electrons. The predicted molar refractivity (Wildman–Crippen MR) is 70.9 cm³/mol. The van der Waals surface area contributed by atoms with E-state index >= 15 is 0 Å². The van der Waals surface area contributed by atoms with Crippen LogP contribution in [0.3, 0.4) is 0 Å². The Morgan fingerprint density at radius 1 is 1.30 bits per heavy atom. The van der Waals surface area contributed by atoms with Gasteiger partial charge in [-0.05, 0) is 36.8 Å². The second-order valence-electron chi connectivity index (χ2n) is 4.11. The minimum absolute atomic E-state index is 0.183. The number of sulfonamides is 1. The highest BCUT2D eigenvalue weighted by atomic mass is 32.2. The number of aryl methyl sites for hydroxylation is 1. The Labute approximate surface area is 115 Å². The van der Waals surface area contributed by atoms with Gasteiger partial charge in [0.05, 0.1) is 22.3 Å². The van der Waals surface area contributed by atoms with Crippen LogP contribution in [-0.4, -0.2) is 13.4 Å². The maximum atomic E-state index is 13.2. The molecular formula is C13H10FN3O2S. The van der Waals surface area contributed by atoms with Crippen LogP contribution in [0.15, 0.2) is 41.6 Å². The van der Waals surface area contributed by atoms with Crippen molar-refractivity contribution in [3.05, 3.63) is 53.6 Å². The molecule has 1 aromatic heterocycles. The fraction of sp³-hybridized carbons (Fsp3) is 0.0769. The van der Waals surface area contributed by atoms with Crippen LogP contribution < -0.4 is 4.72 Å². The van der Waals surface area contributed by atoms with Crippen molar-refractivity contribution in [2.45, 2.75) is 11.8 Å². The average Bonchev–Trinajstić information content (AvgIpc) is 2.38. The summed E-state index contributed by atoms with van der Waals surface area (Å²) >= 11 is 0. The molecule has 0 unspecified atom stereocenters. The summed E-state index contributed by atoms with van der Waals surface area (Å²) in [6, 6.07) is 6.24. The molecule has 7 heteroatoms. The summed E-state index contributed by atoms with van der Waals surface area (Å²) in [5, 5.41) is 8.72. The fourth-order valence-corrected chi connectivity index (χ4v) is 2.64. The van der Waals surface area contributed by atoms with Crippen molar-refractivity contribution in [2.24, 2.45) is 0 Å². The Hall–Kier alpha value is -2.46. The van der Waals surface area contributed by atoms with Gasteiger partial charge in [0, 0.05) is 6.20 Å². The molecule has 0 amide bonds. The Morgan fingerprint density at radius 2 is 2.05 bits per heavy atom. The normalized spacial score (nSPS) is 10.8. The Bertz CT molecular complexity index is 798. The first-order valence-corrected chi connectivity index (χ1v) is 7.05. The zero-order chi connectivity index (χ0) is 14.8. The number of halogens is 1. The first kappa shape index (κ1) is 14.0. The van der Waals surface area contributed by atoms with Crippen LogP contribution in [-0.2, 0) is 10.0 Å². The summed E-state index contributed by atoms with van der Waals surface area (Å²) in [5.74, 6) is -0.760. The molecule has 0 bridgehead atoms. The van der Waals surface area contributed by atoms with Crippen molar-refractivity contribution in [3.63, 3.8) is 0 Å². The lowest BCUT2D eigenvalue weighted by Gasteiger charge is -2.08. The summed E-state index contributed by atoms with van der Waals surface area (Å²) in [5.41, 5.74) is 0.769. The van der Waals surface area contributed by atoms with E-state index in [0.717, 1.165) is 23.8 Å². The van der Waals surface area contributed by atoms with Gasteiger partial charge in [0.25, 0.3) is 10.0 Å². The highest BCUT2D eigenvalue weighted by Crippen LogP contribution is 2.18. The molecule has 0 aliphatic heterocycles. The number of pyridine rings is 1. The van der Waals surface area contributed by atoms with Crippen LogP contribution in [0, 0.1) is 24.1 Å². The zero-order valence-electron chi connectivity index (χ0n) is 10.5. The molecule has 1 N–H and O–H groups in total. The molecule has 0 aliphatic carbocycles. The molecule has 0 radical (unpaired) electrons. The molecule has 0 fully saturated rings. The smallest absolute Gasteiger partial charge is 0.261 e. The van der Waals surface area contributed by atoms with Crippen LogP contribution in [0.1, 0.15) is 11.1 Å². The number of nitrogens with one attached hydrogen (secondary N) is 1. The Morgan fingerprint density at radius 3 is 2.70 bits per heavy atom. The third kappa shape index (κ3) is 2.92. The topological polar surface area (TPSA) is 82.8 Å². The van der Waals surface area contributed by atoms with Gasteiger partial charge < -0.3 is 0 Å². The van der Waals surface area contributed by atoms with Gasteiger partial charge in [0.2, 0.25) is 0 Å². The van der Waals surface area contributed by atoms with Gasteiger partial charge >= 0.3 is 0 Å². The second-order valence-corrected chi connectivity index (χ2v) is 5.79. The lowest BCUT2D eigenvalue weighted by Crippen LogP contribution is -2.13. The third-order valence-corrected chi connectivity index (χ3v) is 3.87. The maximum Gasteiger partial charge on any atom is 0.261 e. The zero-order valence-corrected chi connectivity index (χ0v) is 11.3. The molecule has 1 heterocycles. The van der Waals surface area contributed by atoms with E-state index in [1.165, 1.54) is 6.20 Å². The first-order valence-electron chi connectivity index (χ1n) is 5.56. The van der Waals surface area contributed by atoms with Crippen molar-refractivity contribution in [1.82, 2.24) is 4.98 Å². The van der Waals surface area contributed by atoms with E-state index in [-0.39, 0.29) is 10.5 Å². The van der Waals surface area contributed by atoms with Crippen LogP contribution in [0.4, 0.5) is 10.1 Å². The van der Waals surface area contributed by atoms with Crippen molar-refractivity contribution < 1.29 is 12.8 Å². The molecule has 0 saturated heterocycles. The third-order valence-electron chi connectivity index (χ3n) is 2.50. The summed E-state index contributed by atoms with van der Waals surface area (Å²) in [6.07, 6.45) is 2.95. The summed E-state index contributed by atoms with van der Waals surface area (Å²) in [6.45, 7) is 1.77. The minimum Gasteiger partial charge on any atom is -0.278 e. The van der Waals surface area contributed by atoms with E-state index < -0.39 is 15.8 Å². The summed E-state index contributed by atoms with van der Waals surface area (Å²) in [4.78, 5) is 3.69. The van der Waals surface area contributed by atoms with Gasteiger partial charge in [-0.3, -0.25) is 9.71 Å². The Kier molecular flexibility index (Phi) is 3.68. The first-order chi connectivity index (χ1) is 9.42. The highest BCUT2D eigenvalue weighted by Gasteiger charge is 2.16. The lowest BCUT2D eigenvalue weighted by atomic mass is 10.2. The van der Waals surface area contributed by atoms with E-state index in [0.29, 0.717) is 5.69 Å². The largest absolute Gasteiger partial charge is 0.278 e. The number of hydrogen-bond donors (Lipinski definition) is 1. The minimum atomic E-state index is -3.89. The van der Waals surface area contributed by atoms with Crippen LogP contribution in [0.2, 0.25) is 0 Å². The quantitative estimate of drug-likeness (QED) is 0.939. The second kappa shape index (κ2) is 5.27. The molecule has 0 saturated carbocycles. The fourth-order valence-electron chi connectivity index (χ4n) is 1.58. The van der Waals surface area contributed by atoms with E-state index in [1.807, 2.05) is 0 Å². The van der Waals surface area contributed by atoms with Gasteiger partial charge in [-0.25, -0.2) is 12.8 Å². The summed E-state index contributed by atoms with van der Waals surface area (Å²) in [7, 11) is -3.89. The standard InChI is InChI=1S/C13H10FN3O2S/c1-9-4-11(8-16-7-9)17-20(18,19)12-2-3-13(14)10(5-12)6-15/h2-5,7-8,17H,1H3. The van der Waals surface area contributed by atoms with Gasteiger partial charge in [-0.2, -0.15) is 5.26 Å². The molecule has 5 nitrogen and oxygen atoms in total. The number of nitrogens with zero attached hydrogens (tertiary/aromatic N) is 2. The molecule has 2 rings (SSSR count).